The molecule has 0 saturated carbocycles. The Hall–Kier alpha value is -0.880. The van der Waals surface area contributed by atoms with Crippen LogP contribution >= 0.6 is 97.7 Å². The first-order chi connectivity index (χ1) is 68.5. The Labute approximate surface area is 925 Å². The second-order valence-electron chi connectivity index (χ2n) is 43.5. The van der Waals surface area contributed by atoms with E-state index in [9.17, 15) is 0 Å². The maximum atomic E-state index is 5.90. The normalized spacial score (nSPS) is 13.1. The van der Waals surface area contributed by atoms with Gasteiger partial charge in [0.05, 0.1) is 0 Å². The van der Waals surface area contributed by atoms with Gasteiger partial charge in [0.1, 0.15) is 0 Å². The molecule has 0 heterocycles. The third-order valence-electron chi connectivity index (χ3n) is 28.9. The second-order valence-corrected chi connectivity index (χ2v) is 46.8. The third-order valence-corrected chi connectivity index (χ3v) is 33.0. The van der Waals surface area contributed by atoms with Crippen LogP contribution in [0.3, 0.4) is 0 Å². The van der Waals surface area contributed by atoms with Crippen LogP contribution < -0.4 is 0 Å². The Kier molecular flexibility index (Phi) is 124. The molecule has 0 rings (SSSR count). The van der Waals surface area contributed by atoms with E-state index in [0.29, 0.717) is 75.9 Å². The Morgan fingerprint density at radius 1 is 0.128 bits per heavy atom. The lowest BCUT2D eigenvalue weighted by molar-refractivity contribution is -0.00280. The Morgan fingerprint density at radius 3 is 0.312 bits per heavy atom. The van der Waals surface area contributed by atoms with E-state index in [1.165, 1.54) is 514 Å². The molecular formula is C125H242O8S8. The van der Waals surface area contributed by atoms with Crippen molar-refractivity contribution in [2.24, 2.45) is 47.3 Å². The van der Waals surface area contributed by atoms with Crippen LogP contribution in [0.25, 0.3) is 0 Å². The third kappa shape index (κ3) is 112. The molecule has 8 atom stereocenters. The first-order valence-corrected chi connectivity index (χ1v) is 65.2. The van der Waals surface area contributed by atoms with E-state index >= 15 is 0 Å². The molecule has 0 radical (unpaired) electrons. The molecule has 0 spiro atoms. The minimum absolute atomic E-state index is 0.169. The summed E-state index contributed by atoms with van der Waals surface area (Å²) in [7, 11) is 0. The van der Waals surface area contributed by atoms with Crippen molar-refractivity contribution in [1.82, 2.24) is 0 Å². The van der Waals surface area contributed by atoms with Gasteiger partial charge in [0.15, 0.2) is 40.4 Å². The van der Waals surface area contributed by atoms with Crippen molar-refractivity contribution in [2.75, 3.05) is 20.4 Å². The van der Waals surface area contributed by atoms with Crippen molar-refractivity contribution in [1.29, 1.82) is 0 Å². The summed E-state index contributed by atoms with van der Waals surface area (Å²) in [5.41, 5.74) is 0. The lowest BCUT2D eigenvalue weighted by Gasteiger charge is -2.22. The fraction of sp³-hybridized carbons (Fsp3) is 0.936. The highest BCUT2D eigenvalue weighted by Gasteiger charge is 2.21. The van der Waals surface area contributed by atoms with Crippen LogP contribution in [-0.2, 0) is 37.9 Å². The predicted molar refractivity (Wildman–Crippen MR) is 659 cm³/mol. The van der Waals surface area contributed by atoms with Gasteiger partial charge < -0.3 is 37.9 Å². The highest BCUT2D eigenvalue weighted by atomic mass is 32.1. The van der Waals surface area contributed by atoms with Crippen molar-refractivity contribution < 1.29 is 37.9 Å². The quantitative estimate of drug-likeness (QED) is 0.0329. The van der Waals surface area contributed by atoms with Crippen molar-refractivity contribution >= 4 is 138 Å². The van der Waals surface area contributed by atoms with Gasteiger partial charge in [0.25, 0.3) is 0 Å². The molecule has 0 aliphatic rings. The lowest BCUT2D eigenvalue weighted by Crippen LogP contribution is -2.25. The Morgan fingerprint density at radius 2 is 0.213 bits per heavy atom. The van der Waals surface area contributed by atoms with Gasteiger partial charge in [-0.25, -0.2) is 0 Å². The number of rotatable bonds is 104. The maximum Gasteiger partial charge on any atom is 0.239 e. The van der Waals surface area contributed by atoms with E-state index in [-0.39, 0.29) is 32.2 Å². The SMILES string of the molecule is CCCCCCCCCCCCC(C)C(=S)OC(C)OC(=S)C(C)CCCCCCCCCCCC.CCCCCCCCCCCCC(C)C(=S)OCOC(=S)C(C)CCCCCCCCCCCC.CCCCCCCCCCCCC(C)C(=S)OCOC(=S)C(C)CCCCCCCCCCCC.CCCCCCCCCCCCC(C)C(=S)OCOC(=S)C(C)CCCCCCCCCCCC. The summed E-state index contributed by atoms with van der Waals surface area (Å²) < 4.78 is 46.0. The average Bonchev–Trinajstić information content (AvgIpc) is 0.914. The molecule has 0 amide bonds. The zero-order chi connectivity index (χ0) is 105. The van der Waals surface area contributed by atoms with Gasteiger partial charge in [0, 0.05) is 54.3 Å². The molecule has 0 bridgehead atoms. The van der Waals surface area contributed by atoms with Crippen LogP contribution in [0, 0.1) is 47.3 Å². The fourth-order valence-corrected chi connectivity index (χ4v) is 19.8. The van der Waals surface area contributed by atoms with E-state index in [0.717, 1.165) is 51.4 Å². The number of ether oxygens (including phenoxy) is 8. The number of unbranched alkanes of at least 4 members (excludes halogenated alkanes) is 72. The first-order valence-electron chi connectivity index (χ1n) is 61.9. The largest absolute Gasteiger partial charge is 0.451 e. The van der Waals surface area contributed by atoms with Gasteiger partial charge in [-0.1, -0.05) is 624 Å². The van der Waals surface area contributed by atoms with Crippen LogP contribution in [0.15, 0.2) is 0 Å². The average molecular weight is 2130 g/mol. The van der Waals surface area contributed by atoms with Gasteiger partial charge in [-0.05, 0) is 149 Å². The number of hydrogen-bond donors (Lipinski definition) is 0. The second kappa shape index (κ2) is 119. The molecule has 0 saturated heterocycles. The zero-order valence-corrected chi connectivity index (χ0v) is 104. The summed E-state index contributed by atoms with van der Waals surface area (Å²) in [6, 6.07) is 0. The molecule has 0 N–H and O–H groups in total. The highest BCUT2D eigenvalue weighted by Crippen LogP contribution is 2.27. The van der Waals surface area contributed by atoms with Crippen LogP contribution in [-0.4, -0.2) is 67.1 Å². The van der Waals surface area contributed by atoms with Crippen molar-refractivity contribution in [3.05, 3.63) is 0 Å². The molecule has 0 aliphatic carbocycles. The zero-order valence-electron chi connectivity index (χ0n) is 97.1. The van der Waals surface area contributed by atoms with Crippen molar-refractivity contribution in [2.45, 2.75) is 689 Å². The smallest absolute Gasteiger partial charge is 0.239 e. The van der Waals surface area contributed by atoms with E-state index in [1.54, 1.807) is 0 Å². The molecular weight excluding hydrogens is 1890 g/mol. The van der Waals surface area contributed by atoms with Gasteiger partial charge >= 0.3 is 0 Å². The summed E-state index contributed by atoms with van der Waals surface area (Å²) in [6.45, 7) is 38.0. The summed E-state index contributed by atoms with van der Waals surface area (Å²) in [6.07, 6.45) is 117. The summed E-state index contributed by atoms with van der Waals surface area (Å²) in [5.74, 6) is 2.41. The molecule has 0 aromatic heterocycles. The molecule has 0 fully saturated rings. The monoisotopic (exact) mass is 2130 g/mol. The molecule has 0 aromatic rings. The topological polar surface area (TPSA) is 73.8 Å². The van der Waals surface area contributed by atoms with E-state index < -0.39 is 6.29 Å². The van der Waals surface area contributed by atoms with Crippen molar-refractivity contribution in [3.63, 3.8) is 0 Å². The predicted octanol–water partition coefficient (Wildman–Crippen LogP) is 46.5. The van der Waals surface area contributed by atoms with Crippen LogP contribution in [0.2, 0.25) is 0 Å². The summed E-state index contributed by atoms with van der Waals surface area (Å²) in [5, 5.41) is 5.37. The van der Waals surface area contributed by atoms with Gasteiger partial charge in [-0.15, -0.1) is 0 Å². The lowest BCUT2D eigenvalue weighted by atomic mass is 10.0. The molecule has 0 aromatic carbocycles. The van der Waals surface area contributed by atoms with Crippen molar-refractivity contribution in [3.8, 4) is 0 Å². The Balaban J connectivity index is -0.000000887. The van der Waals surface area contributed by atoms with Crippen LogP contribution in [0.1, 0.15) is 683 Å². The Bertz CT molecular complexity index is 2270. The maximum absolute atomic E-state index is 5.90. The minimum Gasteiger partial charge on any atom is -0.451 e. The highest BCUT2D eigenvalue weighted by molar-refractivity contribution is 7.81. The van der Waals surface area contributed by atoms with Gasteiger partial charge in [-0.3, -0.25) is 0 Å². The molecule has 16 heteroatoms. The molecule has 8 unspecified atom stereocenters. The number of thiocarbonyl (C=S) groups is 8. The van der Waals surface area contributed by atoms with Crippen LogP contribution in [0.5, 0.6) is 0 Å². The first kappa shape index (κ1) is 146. The van der Waals surface area contributed by atoms with E-state index in [1.807, 2.05) is 6.92 Å². The fourth-order valence-electron chi connectivity index (χ4n) is 18.3. The number of hydrogen-bond acceptors (Lipinski definition) is 16. The van der Waals surface area contributed by atoms with E-state index in [4.69, 9.17) is 136 Å². The molecule has 8 nitrogen and oxygen atoms in total. The molecule has 0 aliphatic heterocycles. The van der Waals surface area contributed by atoms with E-state index in [2.05, 4.69) is 111 Å². The van der Waals surface area contributed by atoms with Crippen LogP contribution in [0.4, 0.5) is 0 Å². The standard InChI is InChI=1S/C32H62O2S2.3C31H60O2S2/c1-6-8-10-12-14-16-18-20-22-24-26-28(3)31(35)33-30(5)34-32(36)29(4)27-25-23-21-19-17-15-13-11-9-7-2;3*1-5-7-9-11-13-15-17-19-21-23-25-28(3)30(34)32-27-33-31(35)29(4)26-24-22-20-18-16-14-12-10-8-6-2/h28-30H,6-27H2,1-5H3;3*28-29H,5-27H2,1-4H3. The molecule has 141 heavy (non-hydrogen) atoms. The van der Waals surface area contributed by atoms with Gasteiger partial charge in [0.2, 0.25) is 26.7 Å². The summed E-state index contributed by atoms with van der Waals surface area (Å²) in [4.78, 5) is 0. The minimum atomic E-state index is -0.393. The van der Waals surface area contributed by atoms with Gasteiger partial charge in [-0.2, -0.15) is 0 Å². The molecule has 838 valence electrons. The summed E-state index contributed by atoms with van der Waals surface area (Å²) >= 11 is 43.9.